The first-order valence-electron chi connectivity index (χ1n) is 9.50. The van der Waals surface area contributed by atoms with Crippen LogP contribution in [-0.2, 0) is 14.9 Å². The number of hydrogen-bond donors (Lipinski definition) is 1. The summed E-state index contributed by atoms with van der Waals surface area (Å²) in [5, 5.41) is 7.50. The highest BCUT2D eigenvalue weighted by Crippen LogP contribution is 2.45. The molecule has 6 nitrogen and oxygen atoms in total. The van der Waals surface area contributed by atoms with Crippen LogP contribution in [0.5, 0.6) is 0 Å². The van der Waals surface area contributed by atoms with Crippen LogP contribution in [0.15, 0.2) is 42.7 Å². The van der Waals surface area contributed by atoms with Gasteiger partial charge in [-0.15, -0.1) is 0 Å². The number of aromatic nitrogens is 3. The Balaban J connectivity index is 1.62. The molecular formula is C22H22N4O2. The van der Waals surface area contributed by atoms with Crippen molar-refractivity contribution in [2.45, 2.75) is 32.2 Å². The van der Waals surface area contributed by atoms with Crippen LogP contribution in [0.1, 0.15) is 25.1 Å². The minimum Gasteiger partial charge on any atom is -0.377 e. The van der Waals surface area contributed by atoms with E-state index in [0.717, 1.165) is 39.3 Å². The van der Waals surface area contributed by atoms with Crippen LogP contribution < -0.4 is 4.90 Å². The van der Waals surface area contributed by atoms with Crippen LogP contribution in [0.2, 0.25) is 0 Å². The van der Waals surface area contributed by atoms with Gasteiger partial charge >= 0.3 is 0 Å². The average Bonchev–Trinajstić information content (AvgIpc) is 3.19. The number of pyridine rings is 1. The van der Waals surface area contributed by atoms with Crippen molar-refractivity contribution in [3.63, 3.8) is 0 Å². The molecule has 28 heavy (non-hydrogen) atoms. The fourth-order valence-electron chi connectivity index (χ4n) is 4.11. The number of carbonyl (C=O) groups excluding carboxylic acids is 1. The van der Waals surface area contributed by atoms with Crippen molar-refractivity contribution in [3.05, 3.63) is 54.0 Å². The van der Waals surface area contributed by atoms with E-state index in [1.54, 1.807) is 0 Å². The first kappa shape index (κ1) is 17.1. The number of fused-ring (bicyclic) bond motifs is 1. The van der Waals surface area contributed by atoms with E-state index in [1.807, 2.05) is 50.2 Å². The van der Waals surface area contributed by atoms with Gasteiger partial charge in [0.05, 0.1) is 30.4 Å². The largest absolute Gasteiger partial charge is 0.377 e. The molecule has 1 aromatic carbocycles. The number of aromatic amines is 1. The minimum absolute atomic E-state index is 0.116. The number of H-pyrrole nitrogens is 1. The highest BCUT2D eigenvalue weighted by atomic mass is 16.5. The lowest BCUT2D eigenvalue weighted by atomic mass is 9.85. The van der Waals surface area contributed by atoms with Crippen LogP contribution >= 0.6 is 0 Å². The summed E-state index contributed by atoms with van der Waals surface area (Å²) in [4.78, 5) is 19.3. The number of ether oxygens (including phenoxy) is 1. The second-order valence-corrected chi connectivity index (χ2v) is 8.06. The predicted molar refractivity (Wildman–Crippen MR) is 107 cm³/mol. The Morgan fingerprint density at radius 2 is 2.00 bits per heavy atom. The molecule has 1 saturated heterocycles. The van der Waals surface area contributed by atoms with Crippen molar-refractivity contribution in [1.82, 2.24) is 15.2 Å². The number of nitrogens with one attached hydrogen (secondary N) is 1. The number of carbonyl (C=O) groups is 1. The third kappa shape index (κ3) is 2.41. The normalized spacial score (nSPS) is 18.2. The number of rotatable bonds is 3. The molecular weight excluding hydrogens is 352 g/mol. The Morgan fingerprint density at radius 3 is 2.71 bits per heavy atom. The highest BCUT2D eigenvalue weighted by Gasteiger charge is 2.48. The molecule has 2 aromatic heterocycles. The van der Waals surface area contributed by atoms with Crippen LogP contribution in [0.3, 0.4) is 0 Å². The van der Waals surface area contributed by atoms with Crippen molar-refractivity contribution in [2.24, 2.45) is 0 Å². The van der Waals surface area contributed by atoms with Gasteiger partial charge < -0.3 is 9.64 Å². The fourth-order valence-corrected chi connectivity index (χ4v) is 4.11. The molecule has 142 valence electrons. The molecule has 6 heteroatoms. The number of nitrogens with zero attached hydrogens (tertiary/aromatic N) is 3. The smallest absolute Gasteiger partial charge is 0.237 e. The number of anilines is 1. The lowest BCUT2D eigenvalue weighted by Crippen LogP contribution is -2.52. The zero-order valence-corrected chi connectivity index (χ0v) is 16.2. The summed E-state index contributed by atoms with van der Waals surface area (Å²) in [6.07, 6.45) is 3.72. The molecule has 0 bridgehead atoms. The van der Waals surface area contributed by atoms with E-state index in [9.17, 15) is 4.79 Å². The lowest BCUT2D eigenvalue weighted by molar-refractivity contribution is -0.124. The van der Waals surface area contributed by atoms with E-state index in [2.05, 4.69) is 33.4 Å². The number of benzene rings is 1. The summed E-state index contributed by atoms with van der Waals surface area (Å²) in [7, 11) is 0. The van der Waals surface area contributed by atoms with Crippen molar-refractivity contribution < 1.29 is 9.53 Å². The third-order valence-electron chi connectivity index (χ3n) is 5.79. The number of hydrogen-bond acceptors (Lipinski definition) is 4. The van der Waals surface area contributed by atoms with Gasteiger partial charge in [0.2, 0.25) is 5.91 Å². The maximum Gasteiger partial charge on any atom is 0.237 e. The second-order valence-electron chi connectivity index (χ2n) is 8.06. The Hall–Kier alpha value is -2.99. The first-order chi connectivity index (χ1) is 13.5. The number of amides is 1. The minimum atomic E-state index is -0.528. The van der Waals surface area contributed by atoms with Gasteiger partial charge in [0.15, 0.2) is 0 Å². The molecule has 5 rings (SSSR count). The van der Waals surface area contributed by atoms with Gasteiger partial charge in [0.25, 0.3) is 0 Å². The molecule has 3 aromatic rings. The molecule has 4 heterocycles. The zero-order chi connectivity index (χ0) is 19.5. The molecule has 0 radical (unpaired) electrons. The highest BCUT2D eigenvalue weighted by molar-refractivity contribution is 6.08. The first-order valence-corrected chi connectivity index (χ1v) is 9.50. The van der Waals surface area contributed by atoms with E-state index in [4.69, 9.17) is 4.74 Å². The van der Waals surface area contributed by atoms with Crippen LogP contribution in [-0.4, -0.2) is 40.3 Å². The van der Waals surface area contributed by atoms with E-state index >= 15 is 0 Å². The Bertz CT molecular complexity index is 1080. The molecule has 0 unspecified atom stereocenters. The predicted octanol–water partition coefficient (Wildman–Crippen LogP) is 3.47. The molecule has 1 fully saturated rings. The van der Waals surface area contributed by atoms with Crippen molar-refractivity contribution >= 4 is 11.6 Å². The van der Waals surface area contributed by atoms with Crippen LogP contribution in [0, 0.1) is 6.92 Å². The van der Waals surface area contributed by atoms with Crippen LogP contribution in [0.4, 0.5) is 5.69 Å². The third-order valence-corrected chi connectivity index (χ3v) is 5.79. The number of aryl methyl sites for hydroxylation is 1. The summed E-state index contributed by atoms with van der Waals surface area (Å²) in [6, 6.07) is 10.4. The fraction of sp³-hybridized carbons (Fsp3) is 0.318. The van der Waals surface area contributed by atoms with Gasteiger partial charge in [-0.25, -0.2) is 0 Å². The van der Waals surface area contributed by atoms with Gasteiger partial charge in [0, 0.05) is 34.9 Å². The van der Waals surface area contributed by atoms with Crippen molar-refractivity contribution in [3.8, 4) is 22.4 Å². The maximum absolute atomic E-state index is 13.1. The summed E-state index contributed by atoms with van der Waals surface area (Å²) >= 11 is 0. The summed E-state index contributed by atoms with van der Waals surface area (Å²) in [5.41, 5.74) is 6.41. The Labute approximate surface area is 163 Å². The molecule has 2 aliphatic heterocycles. The maximum atomic E-state index is 13.1. The monoisotopic (exact) mass is 374 g/mol. The molecule has 1 N–H and O–H groups in total. The van der Waals surface area contributed by atoms with E-state index < -0.39 is 5.41 Å². The van der Waals surface area contributed by atoms with Gasteiger partial charge in [-0.1, -0.05) is 12.1 Å². The standard InChI is InChI=1S/C22H22N4O2/c1-13-8-14(6-7-23-13)17-10-24-25-20(17)15-4-5-18-19(9-15)26(16-11-28-12-16)21(27)22(18,2)3/h4-10,16H,11-12H2,1-3H3,(H,24,25). The van der Waals surface area contributed by atoms with Crippen molar-refractivity contribution in [2.75, 3.05) is 18.1 Å². The van der Waals surface area contributed by atoms with Gasteiger partial charge in [-0.2, -0.15) is 5.10 Å². The topological polar surface area (TPSA) is 71.1 Å². The van der Waals surface area contributed by atoms with Crippen LogP contribution in [0.25, 0.3) is 22.4 Å². The van der Waals surface area contributed by atoms with E-state index in [0.29, 0.717) is 13.2 Å². The molecule has 0 aliphatic carbocycles. The summed E-state index contributed by atoms with van der Waals surface area (Å²) in [6.45, 7) is 7.15. The van der Waals surface area contributed by atoms with Gasteiger partial charge in [0.1, 0.15) is 0 Å². The second kappa shape index (κ2) is 6.01. The van der Waals surface area contributed by atoms with E-state index in [-0.39, 0.29) is 11.9 Å². The summed E-state index contributed by atoms with van der Waals surface area (Å²) in [5.74, 6) is 0.139. The average molecular weight is 374 g/mol. The molecule has 0 saturated carbocycles. The van der Waals surface area contributed by atoms with Crippen molar-refractivity contribution in [1.29, 1.82) is 0 Å². The molecule has 0 atom stereocenters. The quantitative estimate of drug-likeness (QED) is 0.762. The molecule has 2 aliphatic rings. The van der Waals surface area contributed by atoms with Gasteiger partial charge in [-0.05, 0) is 50.1 Å². The Morgan fingerprint density at radius 1 is 1.18 bits per heavy atom. The molecule has 1 amide bonds. The zero-order valence-electron chi connectivity index (χ0n) is 16.2. The van der Waals surface area contributed by atoms with E-state index in [1.165, 1.54) is 0 Å². The lowest BCUT2D eigenvalue weighted by Gasteiger charge is -2.35. The molecule has 0 spiro atoms. The Kier molecular flexibility index (Phi) is 3.67. The SMILES string of the molecule is Cc1cc(-c2c[nH]nc2-c2ccc3c(c2)N(C2COC2)C(=O)C3(C)C)ccn1. The summed E-state index contributed by atoms with van der Waals surface area (Å²) < 4.78 is 5.35. The van der Waals surface area contributed by atoms with Gasteiger partial charge in [-0.3, -0.25) is 14.9 Å².